The van der Waals surface area contributed by atoms with Crippen LogP contribution in [0.25, 0.3) is 5.69 Å². The Labute approximate surface area is 182 Å². The Balaban J connectivity index is 1.72. The molecule has 3 aromatic rings. The molecule has 31 heavy (non-hydrogen) atoms. The van der Waals surface area contributed by atoms with Gasteiger partial charge >= 0.3 is 6.03 Å². The summed E-state index contributed by atoms with van der Waals surface area (Å²) in [6.45, 7) is 2.25. The summed E-state index contributed by atoms with van der Waals surface area (Å²) in [6, 6.07) is 16.9. The van der Waals surface area contributed by atoms with Gasteiger partial charge in [-0.2, -0.15) is 4.68 Å². The van der Waals surface area contributed by atoms with Crippen LogP contribution >= 0.6 is 0 Å². The van der Waals surface area contributed by atoms with Gasteiger partial charge in [0.05, 0.1) is 12.8 Å². The first-order valence-corrected chi connectivity index (χ1v) is 10.6. The van der Waals surface area contributed by atoms with Gasteiger partial charge in [-0.1, -0.05) is 31.2 Å². The SMILES string of the molecule is COc1cccc(-n2nnnc2C2(N(C)C(=O)Nc3ccccc3)CCC(C)CC2)c1. The van der Waals surface area contributed by atoms with Crippen molar-refractivity contribution in [2.75, 3.05) is 19.5 Å². The molecule has 0 atom stereocenters. The quantitative estimate of drug-likeness (QED) is 0.667. The first-order chi connectivity index (χ1) is 15.0. The largest absolute Gasteiger partial charge is 0.497 e. The highest BCUT2D eigenvalue weighted by molar-refractivity contribution is 5.89. The number of para-hydroxylation sites is 1. The molecule has 2 aromatic carbocycles. The summed E-state index contributed by atoms with van der Waals surface area (Å²) in [5, 5.41) is 15.7. The number of carbonyl (C=O) groups excluding carboxylic acids is 1. The Bertz CT molecular complexity index is 1030. The second-order valence-electron chi connectivity index (χ2n) is 8.19. The van der Waals surface area contributed by atoms with Crippen LogP contribution in [0.5, 0.6) is 5.75 Å². The third-order valence-electron chi connectivity index (χ3n) is 6.26. The molecule has 1 saturated carbocycles. The molecule has 0 aliphatic heterocycles. The number of nitrogens with one attached hydrogen (secondary N) is 1. The lowest BCUT2D eigenvalue weighted by Gasteiger charge is -2.44. The zero-order valence-corrected chi connectivity index (χ0v) is 18.2. The summed E-state index contributed by atoms with van der Waals surface area (Å²) in [4.78, 5) is 15.0. The van der Waals surface area contributed by atoms with Crippen LogP contribution in [0.15, 0.2) is 54.6 Å². The molecule has 8 heteroatoms. The maximum atomic E-state index is 13.3. The maximum Gasteiger partial charge on any atom is 0.322 e. The van der Waals surface area contributed by atoms with E-state index in [4.69, 9.17) is 4.74 Å². The summed E-state index contributed by atoms with van der Waals surface area (Å²) in [6.07, 6.45) is 3.57. The van der Waals surface area contributed by atoms with Crippen molar-refractivity contribution in [3.8, 4) is 11.4 Å². The molecule has 4 rings (SSSR count). The molecule has 1 N–H and O–H groups in total. The van der Waals surface area contributed by atoms with Gasteiger partial charge in [0.1, 0.15) is 11.3 Å². The van der Waals surface area contributed by atoms with Gasteiger partial charge < -0.3 is 15.0 Å². The number of anilines is 1. The molecule has 1 aromatic heterocycles. The molecule has 0 spiro atoms. The lowest BCUT2D eigenvalue weighted by atomic mass is 9.75. The van der Waals surface area contributed by atoms with Crippen molar-refractivity contribution in [3.63, 3.8) is 0 Å². The molecule has 2 amide bonds. The number of benzene rings is 2. The topological polar surface area (TPSA) is 85.2 Å². The van der Waals surface area contributed by atoms with E-state index >= 15 is 0 Å². The number of hydrogen-bond donors (Lipinski definition) is 1. The molecule has 0 radical (unpaired) electrons. The smallest absolute Gasteiger partial charge is 0.322 e. The number of urea groups is 1. The molecule has 0 bridgehead atoms. The second kappa shape index (κ2) is 8.75. The lowest BCUT2D eigenvalue weighted by Crippen LogP contribution is -2.52. The molecule has 1 aliphatic carbocycles. The average molecular weight is 421 g/mol. The number of methoxy groups -OCH3 is 1. The molecule has 0 saturated heterocycles. The number of amides is 2. The van der Waals surface area contributed by atoms with E-state index in [-0.39, 0.29) is 6.03 Å². The Morgan fingerprint density at radius 2 is 1.90 bits per heavy atom. The van der Waals surface area contributed by atoms with Crippen molar-refractivity contribution in [1.29, 1.82) is 0 Å². The van der Waals surface area contributed by atoms with Crippen LogP contribution in [0.1, 0.15) is 38.4 Å². The van der Waals surface area contributed by atoms with Gasteiger partial charge in [-0.3, -0.25) is 0 Å². The van der Waals surface area contributed by atoms with Crippen LogP contribution in [-0.4, -0.2) is 45.3 Å². The summed E-state index contributed by atoms with van der Waals surface area (Å²) in [5.74, 6) is 1.98. The molecule has 1 fully saturated rings. The van der Waals surface area contributed by atoms with Gasteiger partial charge in [0.15, 0.2) is 5.82 Å². The molecule has 1 heterocycles. The minimum absolute atomic E-state index is 0.180. The van der Waals surface area contributed by atoms with Crippen molar-refractivity contribution in [3.05, 3.63) is 60.4 Å². The highest BCUT2D eigenvalue weighted by atomic mass is 16.5. The van der Waals surface area contributed by atoms with Gasteiger partial charge in [-0.25, -0.2) is 4.79 Å². The first-order valence-electron chi connectivity index (χ1n) is 10.6. The predicted molar refractivity (Wildman–Crippen MR) is 118 cm³/mol. The Morgan fingerprint density at radius 3 is 2.61 bits per heavy atom. The number of rotatable bonds is 5. The van der Waals surface area contributed by atoms with Gasteiger partial charge in [-0.15, -0.1) is 5.10 Å². The number of aromatic nitrogens is 4. The van der Waals surface area contributed by atoms with E-state index in [1.54, 1.807) is 16.7 Å². The second-order valence-corrected chi connectivity index (χ2v) is 8.19. The molecule has 162 valence electrons. The van der Waals surface area contributed by atoms with E-state index in [1.165, 1.54) is 0 Å². The number of carbonyl (C=O) groups is 1. The standard InChI is InChI=1S/C23H28N6O2/c1-17-12-14-23(15-13-17,28(2)22(30)24-18-8-5-4-6-9-18)21-25-26-27-29(21)19-10-7-11-20(16-19)31-3/h4-11,16-17H,12-15H2,1-3H3,(H,24,30). The fourth-order valence-corrected chi connectivity index (χ4v) is 4.27. The Hall–Kier alpha value is -3.42. The highest BCUT2D eigenvalue weighted by Crippen LogP contribution is 2.43. The fraction of sp³-hybridized carbons (Fsp3) is 0.391. The van der Waals surface area contributed by atoms with Crippen LogP contribution < -0.4 is 10.1 Å². The van der Waals surface area contributed by atoms with E-state index in [0.29, 0.717) is 11.7 Å². The molecular weight excluding hydrogens is 392 g/mol. The van der Waals surface area contributed by atoms with Crippen LogP contribution in [0.4, 0.5) is 10.5 Å². The van der Waals surface area contributed by atoms with Gasteiger partial charge in [0, 0.05) is 18.8 Å². The van der Waals surface area contributed by atoms with Gasteiger partial charge in [0.2, 0.25) is 0 Å². The molecular formula is C23H28N6O2. The van der Waals surface area contributed by atoms with Crippen molar-refractivity contribution in [2.45, 2.75) is 38.1 Å². The zero-order valence-electron chi connectivity index (χ0n) is 18.2. The third-order valence-corrected chi connectivity index (χ3v) is 6.26. The third kappa shape index (κ3) is 4.10. The number of tetrazole rings is 1. The summed E-state index contributed by atoms with van der Waals surface area (Å²) >= 11 is 0. The van der Waals surface area contributed by atoms with E-state index in [1.807, 2.05) is 61.6 Å². The first kappa shape index (κ1) is 20.8. The van der Waals surface area contributed by atoms with Crippen molar-refractivity contribution in [1.82, 2.24) is 25.1 Å². The van der Waals surface area contributed by atoms with E-state index in [9.17, 15) is 4.79 Å². The predicted octanol–water partition coefficient (Wildman–Crippen LogP) is 4.24. The monoisotopic (exact) mass is 420 g/mol. The van der Waals surface area contributed by atoms with Crippen LogP contribution in [0.2, 0.25) is 0 Å². The van der Waals surface area contributed by atoms with Crippen molar-refractivity contribution >= 4 is 11.7 Å². The lowest BCUT2D eigenvalue weighted by molar-refractivity contribution is 0.0786. The molecule has 1 aliphatic rings. The minimum atomic E-state index is -0.613. The highest BCUT2D eigenvalue weighted by Gasteiger charge is 2.46. The minimum Gasteiger partial charge on any atom is -0.497 e. The number of ether oxygens (including phenoxy) is 1. The maximum absolute atomic E-state index is 13.3. The molecule has 8 nitrogen and oxygen atoms in total. The van der Waals surface area contributed by atoms with Gasteiger partial charge in [0.25, 0.3) is 0 Å². The fourth-order valence-electron chi connectivity index (χ4n) is 4.27. The van der Waals surface area contributed by atoms with Crippen LogP contribution in [-0.2, 0) is 5.54 Å². The van der Waals surface area contributed by atoms with Crippen molar-refractivity contribution in [2.24, 2.45) is 5.92 Å². The molecule has 0 unspecified atom stereocenters. The number of nitrogens with zero attached hydrogens (tertiary/aromatic N) is 5. The summed E-state index contributed by atoms with van der Waals surface area (Å²) in [5.41, 5.74) is 0.943. The van der Waals surface area contributed by atoms with E-state index in [2.05, 4.69) is 27.8 Å². The van der Waals surface area contributed by atoms with E-state index < -0.39 is 5.54 Å². The summed E-state index contributed by atoms with van der Waals surface area (Å²) < 4.78 is 7.10. The normalized spacial score (nSPS) is 20.8. The Kier molecular flexibility index (Phi) is 5.88. The van der Waals surface area contributed by atoms with Crippen LogP contribution in [0.3, 0.4) is 0 Å². The van der Waals surface area contributed by atoms with Crippen molar-refractivity contribution < 1.29 is 9.53 Å². The summed E-state index contributed by atoms with van der Waals surface area (Å²) in [7, 11) is 3.46. The zero-order chi connectivity index (χ0) is 21.8. The average Bonchev–Trinajstić information content (AvgIpc) is 3.30. The Morgan fingerprint density at radius 1 is 1.16 bits per heavy atom. The number of hydrogen-bond acceptors (Lipinski definition) is 5. The van der Waals surface area contributed by atoms with Gasteiger partial charge in [-0.05, 0) is 66.3 Å². The van der Waals surface area contributed by atoms with Crippen LogP contribution in [0, 0.1) is 5.92 Å². The van der Waals surface area contributed by atoms with E-state index in [0.717, 1.165) is 42.8 Å².